The molecule has 4 heterocycles. The molecule has 0 aromatic heterocycles. The predicted octanol–water partition coefficient (Wildman–Crippen LogP) is 3.89. The minimum Gasteiger partial charge on any atom is -0.455 e. The second kappa shape index (κ2) is 13.3. The summed E-state index contributed by atoms with van der Waals surface area (Å²) in [4.78, 5) is 25.7. The average Bonchev–Trinajstić information content (AvgIpc) is 3.63. The molecule has 12 nitrogen and oxygen atoms in total. The summed E-state index contributed by atoms with van der Waals surface area (Å²) in [6.45, 7) is 10.7. The quantitative estimate of drug-likeness (QED) is 0.369. The summed E-state index contributed by atoms with van der Waals surface area (Å²) < 4.78 is 62.0. The average molecular weight is 643 g/mol. The molecule has 0 saturated carbocycles. The third kappa shape index (κ3) is 7.29. The van der Waals surface area contributed by atoms with Crippen molar-refractivity contribution in [2.75, 3.05) is 6.61 Å². The van der Waals surface area contributed by atoms with E-state index < -0.39 is 84.9 Å². The van der Waals surface area contributed by atoms with Gasteiger partial charge in [-0.2, -0.15) is 0 Å². The summed E-state index contributed by atoms with van der Waals surface area (Å²) in [6.07, 6.45) is -8.26. The van der Waals surface area contributed by atoms with E-state index in [0.29, 0.717) is 5.56 Å². The number of ether oxygens (including phenoxy) is 10. The topological polar surface area (TPSA) is 126 Å². The van der Waals surface area contributed by atoms with E-state index in [1.807, 2.05) is 44.2 Å². The van der Waals surface area contributed by atoms with Crippen LogP contribution in [0.15, 0.2) is 60.7 Å². The Morgan fingerprint density at radius 3 is 2.13 bits per heavy atom. The number of fused-ring (bicyclic) bond motifs is 1. The lowest BCUT2D eigenvalue weighted by atomic mass is 9.98. The molecule has 0 N–H and O–H groups in total. The fourth-order valence-corrected chi connectivity index (χ4v) is 6.27. The number of rotatable bonds is 9. The highest BCUT2D eigenvalue weighted by atomic mass is 16.9. The molecule has 2 aromatic rings. The van der Waals surface area contributed by atoms with Crippen LogP contribution >= 0.6 is 0 Å². The number of hydrogen-bond acceptors (Lipinski definition) is 12. The monoisotopic (exact) mass is 642 g/mol. The second-order valence-electron chi connectivity index (χ2n) is 12.8. The maximum atomic E-state index is 13.2. The molecule has 0 amide bonds. The second-order valence-corrected chi connectivity index (χ2v) is 12.8. The minimum absolute atomic E-state index is 0.136. The molecule has 250 valence electrons. The van der Waals surface area contributed by atoms with E-state index >= 15 is 0 Å². The molecule has 4 saturated heterocycles. The number of esters is 2. The van der Waals surface area contributed by atoms with Crippen molar-refractivity contribution in [1.29, 1.82) is 0 Å². The molecule has 12 heteroatoms. The zero-order chi connectivity index (χ0) is 32.6. The Bertz CT molecular complexity index is 1350. The normalized spacial score (nSPS) is 36.2. The van der Waals surface area contributed by atoms with Gasteiger partial charge in [-0.25, -0.2) is 4.79 Å². The van der Waals surface area contributed by atoms with Gasteiger partial charge in [0.05, 0.1) is 24.9 Å². The summed E-state index contributed by atoms with van der Waals surface area (Å²) in [7, 11) is 0. The molecule has 0 radical (unpaired) electrons. The highest BCUT2D eigenvalue weighted by Crippen LogP contribution is 2.43. The molecule has 10 atom stereocenters. The highest BCUT2D eigenvalue weighted by Gasteiger charge is 2.61. The molecule has 6 rings (SSSR count). The van der Waals surface area contributed by atoms with Crippen LogP contribution in [0.3, 0.4) is 0 Å². The standard InChI is InChI=1S/C34H42O12/c1-19-24(41-30(36)22-15-11-8-12-16-22)26(40-20(2)35)28(37-17-21-13-9-7-10-14-21)31(39-19)43-27-25(23-18-38-33(3,4)44-23)42-32-29(27)45-34(5,6)46-32/h7-16,19,23-29,31-32H,17-18H2,1-6H3/t19?,23-,24-,25-,26?,27+,28?,29+,31+,32-/m1/s1. The molecule has 0 bridgehead atoms. The Kier molecular flexibility index (Phi) is 9.52. The van der Waals surface area contributed by atoms with Crippen molar-refractivity contribution in [2.45, 2.75) is 121 Å². The molecular weight excluding hydrogens is 600 g/mol. The molecule has 2 aromatic carbocycles. The molecule has 0 spiro atoms. The summed E-state index contributed by atoms with van der Waals surface area (Å²) >= 11 is 0. The van der Waals surface area contributed by atoms with Crippen molar-refractivity contribution in [2.24, 2.45) is 0 Å². The minimum atomic E-state index is -1.10. The summed E-state index contributed by atoms with van der Waals surface area (Å²) in [6, 6.07) is 18.1. The van der Waals surface area contributed by atoms with Crippen LogP contribution in [0.4, 0.5) is 0 Å². The van der Waals surface area contributed by atoms with Crippen molar-refractivity contribution >= 4 is 11.9 Å². The van der Waals surface area contributed by atoms with Crippen molar-refractivity contribution < 1.29 is 57.0 Å². The van der Waals surface area contributed by atoms with Crippen molar-refractivity contribution in [3.63, 3.8) is 0 Å². The number of benzene rings is 2. The van der Waals surface area contributed by atoms with Gasteiger partial charge in [0.15, 0.2) is 36.4 Å². The van der Waals surface area contributed by atoms with E-state index in [1.165, 1.54) is 6.92 Å². The van der Waals surface area contributed by atoms with E-state index in [1.54, 1.807) is 51.1 Å². The number of hydrogen-bond donors (Lipinski definition) is 0. The molecular formula is C34H42O12. The fourth-order valence-electron chi connectivity index (χ4n) is 6.27. The molecule has 3 unspecified atom stereocenters. The van der Waals surface area contributed by atoms with E-state index in [0.717, 1.165) is 5.56 Å². The van der Waals surface area contributed by atoms with Crippen LogP contribution in [0.5, 0.6) is 0 Å². The van der Waals surface area contributed by atoms with Crippen LogP contribution in [-0.2, 0) is 58.8 Å². The van der Waals surface area contributed by atoms with Crippen molar-refractivity contribution in [3.8, 4) is 0 Å². The first-order valence-electron chi connectivity index (χ1n) is 15.6. The first kappa shape index (κ1) is 33.0. The summed E-state index contributed by atoms with van der Waals surface area (Å²) in [5.74, 6) is -2.91. The Hall–Kier alpha value is -2.94. The Labute approximate surface area is 268 Å². The number of carbonyl (C=O) groups excluding carboxylic acids is 2. The smallest absolute Gasteiger partial charge is 0.338 e. The van der Waals surface area contributed by atoms with Gasteiger partial charge in [0.25, 0.3) is 0 Å². The summed E-state index contributed by atoms with van der Waals surface area (Å²) in [5.41, 5.74) is 1.21. The molecule has 0 aliphatic carbocycles. The SMILES string of the molecule is CC(=O)OC1C(OCc2ccccc2)[C@H](O[C@@H]2[C@@H]3OC(C)(C)O[C@H]3O[C@@H]2[C@H]2COC(C)(C)O2)OC(C)[C@H]1OC(=O)c1ccccc1. The maximum Gasteiger partial charge on any atom is 0.338 e. The van der Waals surface area contributed by atoms with E-state index in [-0.39, 0.29) is 13.2 Å². The van der Waals surface area contributed by atoms with Gasteiger partial charge in [-0.1, -0.05) is 48.5 Å². The Morgan fingerprint density at radius 1 is 0.783 bits per heavy atom. The predicted molar refractivity (Wildman–Crippen MR) is 159 cm³/mol. The Balaban J connectivity index is 1.30. The lowest BCUT2D eigenvalue weighted by Gasteiger charge is -2.45. The van der Waals surface area contributed by atoms with Crippen molar-refractivity contribution in [3.05, 3.63) is 71.8 Å². The number of carbonyl (C=O) groups is 2. The largest absolute Gasteiger partial charge is 0.455 e. The van der Waals surface area contributed by atoms with Crippen LogP contribution in [0, 0.1) is 0 Å². The van der Waals surface area contributed by atoms with Gasteiger partial charge in [0.2, 0.25) is 0 Å². The highest BCUT2D eigenvalue weighted by molar-refractivity contribution is 5.89. The lowest BCUT2D eigenvalue weighted by Crippen LogP contribution is -2.62. The van der Waals surface area contributed by atoms with E-state index in [9.17, 15) is 9.59 Å². The van der Waals surface area contributed by atoms with Gasteiger partial charge < -0.3 is 47.4 Å². The van der Waals surface area contributed by atoms with Crippen LogP contribution in [0.1, 0.15) is 57.5 Å². The van der Waals surface area contributed by atoms with Crippen molar-refractivity contribution in [1.82, 2.24) is 0 Å². The van der Waals surface area contributed by atoms with Crippen LogP contribution in [0.2, 0.25) is 0 Å². The van der Waals surface area contributed by atoms with Crippen LogP contribution in [0.25, 0.3) is 0 Å². The van der Waals surface area contributed by atoms with Gasteiger partial charge in [-0.3, -0.25) is 4.79 Å². The first-order chi connectivity index (χ1) is 21.9. The maximum absolute atomic E-state index is 13.2. The molecule has 4 fully saturated rings. The van der Waals surface area contributed by atoms with Gasteiger partial charge in [0, 0.05) is 6.92 Å². The third-order valence-electron chi connectivity index (χ3n) is 8.28. The lowest BCUT2D eigenvalue weighted by molar-refractivity contribution is -0.328. The molecule has 4 aliphatic rings. The zero-order valence-electron chi connectivity index (χ0n) is 26.9. The van der Waals surface area contributed by atoms with E-state index in [2.05, 4.69) is 0 Å². The zero-order valence-corrected chi connectivity index (χ0v) is 26.9. The van der Waals surface area contributed by atoms with E-state index in [4.69, 9.17) is 47.4 Å². The molecule has 46 heavy (non-hydrogen) atoms. The Morgan fingerprint density at radius 2 is 1.48 bits per heavy atom. The summed E-state index contributed by atoms with van der Waals surface area (Å²) in [5, 5.41) is 0. The first-order valence-corrected chi connectivity index (χ1v) is 15.6. The van der Waals surface area contributed by atoms with Gasteiger partial charge in [-0.05, 0) is 52.3 Å². The van der Waals surface area contributed by atoms with Crippen LogP contribution < -0.4 is 0 Å². The van der Waals surface area contributed by atoms with Gasteiger partial charge in [-0.15, -0.1) is 0 Å². The fraction of sp³-hybridized carbons (Fsp3) is 0.588. The van der Waals surface area contributed by atoms with Gasteiger partial charge in [0.1, 0.15) is 30.5 Å². The van der Waals surface area contributed by atoms with Gasteiger partial charge >= 0.3 is 11.9 Å². The third-order valence-corrected chi connectivity index (χ3v) is 8.28. The van der Waals surface area contributed by atoms with Crippen LogP contribution in [-0.4, -0.2) is 91.5 Å². The molecule has 4 aliphatic heterocycles.